The highest BCUT2D eigenvalue weighted by molar-refractivity contribution is 9.10. The van der Waals surface area contributed by atoms with Crippen LogP contribution in [0.3, 0.4) is 0 Å². The molecule has 0 spiro atoms. The van der Waals surface area contributed by atoms with Gasteiger partial charge in [0.05, 0.1) is 0 Å². The van der Waals surface area contributed by atoms with Crippen LogP contribution in [0.25, 0.3) is 0 Å². The van der Waals surface area contributed by atoms with E-state index in [1.165, 1.54) is 32.4 Å². The Kier molecular flexibility index (Phi) is 3.23. The van der Waals surface area contributed by atoms with Crippen molar-refractivity contribution in [1.29, 1.82) is 0 Å². The van der Waals surface area contributed by atoms with E-state index in [0.717, 1.165) is 4.73 Å². The highest BCUT2D eigenvalue weighted by Gasteiger charge is 2.17. The first-order valence-corrected chi connectivity index (χ1v) is 5.93. The van der Waals surface area contributed by atoms with Gasteiger partial charge in [0.15, 0.2) is 4.73 Å². The van der Waals surface area contributed by atoms with Crippen LogP contribution in [0.15, 0.2) is 17.1 Å². The standard InChI is InChI=1S/C10H16BrN3/c1-13-6-2-3-9(4-7-13)14-8-5-12-10(14)11/h5,8-9H,2-4,6-7H2,1H3. The fourth-order valence-electron chi connectivity index (χ4n) is 2.07. The van der Waals surface area contributed by atoms with Gasteiger partial charge in [0, 0.05) is 18.4 Å². The molecule has 2 heterocycles. The Morgan fingerprint density at radius 2 is 2.29 bits per heavy atom. The molecular formula is C10H16BrN3. The first-order chi connectivity index (χ1) is 6.77. The van der Waals surface area contributed by atoms with Crippen molar-refractivity contribution in [1.82, 2.24) is 14.5 Å². The number of imidazole rings is 1. The summed E-state index contributed by atoms with van der Waals surface area (Å²) >= 11 is 3.48. The lowest BCUT2D eigenvalue weighted by Gasteiger charge is -2.17. The molecule has 1 unspecified atom stereocenters. The summed E-state index contributed by atoms with van der Waals surface area (Å²) in [4.78, 5) is 6.62. The van der Waals surface area contributed by atoms with E-state index in [1.54, 1.807) is 0 Å². The topological polar surface area (TPSA) is 21.1 Å². The van der Waals surface area contributed by atoms with Crippen molar-refractivity contribution in [3.63, 3.8) is 0 Å². The molecule has 78 valence electrons. The van der Waals surface area contributed by atoms with Gasteiger partial charge in [-0.25, -0.2) is 4.98 Å². The van der Waals surface area contributed by atoms with Gasteiger partial charge in [-0.2, -0.15) is 0 Å². The smallest absolute Gasteiger partial charge is 0.177 e. The van der Waals surface area contributed by atoms with Gasteiger partial charge < -0.3 is 9.47 Å². The van der Waals surface area contributed by atoms with Crippen molar-refractivity contribution in [3.05, 3.63) is 17.1 Å². The van der Waals surface area contributed by atoms with Crippen LogP contribution in [0.4, 0.5) is 0 Å². The fraction of sp³-hybridized carbons (Fsp3) is 0.700. The molecule has 0 aromatic carbocycles. The minimum atomic E-state index is 0.622. The molecule has 1 aromatic rings. The molecule has 1 aliphatic rings. The number of rotatable bonds is 1. The van der Waals surface area contributed by atoms with Crippen LogP contribution in [-0.2, 0) is 0 Å². The van der Waals surface area contributed by atoms with Gasteiger partial charge in [-0.3, -0.25) is 0 Å². The zero-order valence-corrected chi connectivity index (χ0v) is 10.1. The van der Waals surface area contributed by atoms with Gasteiger partial charge >= 0.3 is 0 Å². The highest BCUT2D eigenvalue weighted by atomic mass is 79.9. The predicted octanol–water partition coefficient (Wildman–Crippen LogP) is 2.30. The van der Waals surface area contributed by atoms with E-state index in [2.05, 4.69) is 43.6 Å². The fourth-order valence-corrected chi connectivity index (χ4v) is 2.59. The Bertz CT molecular complexity index is 297. The number of halogens is 1. The second-order valence-electron chi connectivity index (χ2n) is 3.99. The maximum Gasteiger partial charge on any atom is 0.177 e. The lowest BCUT2D eigenvalue weighted by Crippen LogP contribution is -2.19. The van der Waals surface area contributed by atoms with E-state index in [1.807, 2.05) is 6.20 Å². The van der Waals surface area contributed by atoms with E-state index in [-0.39, 0.29) is 0 Å². The van der Waals surface area contributed by atoms with Crippen LogP contribution >= 0.6 is 15.9 Å². The Morgan fingerprint density at radius 1 is 1.43 bits per heavy atom. The summed E-state index contributed by atoms with van der Waals surface area (Å²) in [5.74, 6) is 0. The quantitative estimate of drug-likeness (QED) is 0.770. The van der Waals surface area contributed by atoms with Gasteiger partial charge in [0.25, 0.3) is 0 Å². The number of hydrogen-bond donors (Lipinski definition) is 0. The summed E-state index contributed by atoms with van der Waals surface area (Å²) in [6.07, 6.45) is 7.70. The molecule has 0 amide bonds. The van der Waals surface area contributed by atoms with Gasteiger partial charge in [0.1, 0.15) is 0 Å². The molecule has 1 atom stereocenters. The molecule has 1 aliphatic heterocycles. The third kappa shape index (κ3) is 2.17. The average Bonchev–Trinajstić information content (AvgIpc) is 2.46. The molecule has 14 heavy (non-hydrogen) atoms. The van der Waals surface area contributed by atoms with E-state index in [4.69, 9.17) is 0 Å². The van der Waals surface area contributed by atoms with Crippen LogP contribution in [0.5, 0.6) is 0 Å². The molecule has 0 saturated carbocycles. The van der Waals surface area contributed by atoms with Crippen molar-refractivity contribution in [2.45, 2.75) is 25.3 Å². The molecule has 3 nitrogen and oxygen atoms in total. The van der Waals surface area contributed by atoms with Crippen molar-refractivity contribution in [2.24, 2.45) is 0 Å². The Hall–Kier alpha value is -0.350. The van der Waals surface area contributed by atoms with Gasteiger partial charge in [-0.15, -0.1) is 0 Å². The third-order valence-electron chi connectivity index (χ3n) is 2.94. The summed E-state index contributed by atoms with van der Waals surface area (Å²) in [6.45, 7) is 2.41. The molecular weight excluding hydrogens is 242 g/mol. The van der Waals surface area contributed by atoms with E-state index >= 15 is 0 Å². The summed E-state index contributed by atoms with van der Waals surface area (Å²) < 4.78 is 3.21. The predicted molar refractivity (Wildman–Crippen MR) is 60.3 cm³/mol. The van der Waals surface area contributed by atoms with Crippen molar-refractivity contribution < 1.29 is 0 Å². The van der Waals surface area contributed by atoms with Crippen molar-refractivity contribution in [3.8, 4) is 0 Å². The van der Waals surface area contributed by atoms with E-state index in [0.29, 0.717) is 6.04 Å². The molecule has 4 heteroatoms. The van der Waals surface area contributed by atoms with Gasteiger partial charge in [-0.05, 0) is 55.3 Å². The summed E-state index contributed by atoms with van der Waals surface area (Å²) in [5.41, 5.74) is 0. The zero-order chi connectivity index (χ0) is 9.97. The molecule has 1 fully saturated rings. The highest BCUT2D eigenvalue weighted by Crippen LogP contribution is 2.25. The normalized spacial score (nSPS) is 24.9. The van der Waals surface area contributed by atoms with Gasteiger partial charge in [0.2, 0.25) is 0 Å². The molecule has 1 aromatic heterocycles. The Morgan fingerprint density at radius 3 is 3.00 bits per heavy atom. The first-order valence-electron chi connectivity index (χ1n) is 5.14. The zero-order valence-electron chi connectivity index (χ0n) is 8.49. The van der Waals surface area contributed by atoms with Crippen LogP contribution < -0.4 is 0 Å². The SMILES string of the molecule is CN1CCCC(n2ccnc2Br)CC1. The van der Waals surface area contributed by atoms with Crippen LogP contribution in [0.1, 0.15) is 25.3 Å². The molecule has 1 saturated heterocycles. The van der Waals surface area contributed by atoms with Crippen molar-refractivity contribution >= 4 is 15.9 Å². The first kappa shape index (κ1) is 10.2. The molecule has 0 radical (unpaired) electrons. The lowest BCUT2D eigenvalue weighted by molar-refractivity contribution is 0.340. The number of nitrogens with zero attached hydrogens (tertiary/aromatic N) is 3. The maximum atomic E-state index is 4.21. The van der Waals surface area contributed by atoms with Crippen LogP contribution in [0, 0.1) is 0 Å². The van der Waals surface area contributed by atoms with E-state index < -0.39 is 0 Å². The van der Waals surface area contributed by atoms with Gasteiger partial charge in [-0.1, -0.05) is 0 Å². The number of likely N-dealkylation sites (tertiary alicyclic amines) is 1. The van der Waals surface area contributed by atoms with Crippen molar-refractivity contribution in [2.75, 3.05) is 20.1 Å². The summed E-state index contributed by atoms with van der Waals surface area (Å²) in [5, 5.41) is 0. The lowest BCUT2D eigenvalue weighted by atomic mass is 10.1. The second kappa shape index (κ2) is 4.45. The van der Waals surface area contributed by atoms with Crippen LogP contribution in [0.2, 0.25) is 0 Å². The monoisotopic (exact) mass is 257 g/mol. The number of aromatic nitrogens is 2. The maximum absolute atomic E-state index is 4.21. The Balaban J connectivity index is 2.08. The molecule has 0 N–H and O–H groups in total. The molecule has 0 bridgehead atoms. The third-order valence-corrected chi connectivity index (χ3v) is 3.55. The summed E-state index contributed by atoms with van der Waals surface area (Å²) in [6, 6.07) is 0.622. The second-order valence-corrected chi connectivity index (χ2v) is 4.70. The van der Waals surface area contributed by atoms with Crippen LogP contribution in [-0.4, -0.2) is 34.6 Å². The minimum Gasteiger partial charge on any atom is -0.323 e. The largest absolute Gasteiger partial charge is 0.323 e. The Labute approximate surface area is 93.2 Å². The minimum absolute atomic E-state index is 0.622. The average molecular weight is 258 g/mol. The number of hydrogen-bond acceptors (Lipinski definition) is 2. The molecule has 0 aliphatic carbocycles. The summed E-state index contributed by atoms with van der Waals surface area (Å²) in [7, 11) is 2.20. The molecule has 2 rings (SSSR count). The van der Waals surface area contributed by atoms with E-state index in [9.17, 15) is 0 Å².